The molecule has 2 heterocycles. The van der Waals surface area contributed by atoms with Gasteiger partial charge in [-0.3, -0.25) is 20.4 Å². The fourth-order valence-corrected chi connectivity index (χ4v) is 2.88. The number of carbonyl (C=O) groups is 2. The molecular formula is C18H21N3O3. The summed E-state index contributed by atoms with van der Waals surface area (Å²) in [5, 5.41) is 0. The van der Waals surface area contributed by atoms with E-state index in [4.69, 9.17) is 4.42 Å². The van der Waals surface area contributed by atoms with Gasteiger partial charge in [-0.25, -0.2) is 0 Å². The molecule has 0 unspecified atom stereocenters. The first-order valence-electron chi connectivity index (χ1n) is 7.98. The quantitative estimate of drug-likeness (QED) is 0.670. The molecule has 126 valence electrons. The smallest absolute Gasteiger partial charge is 0.273 e. The molecule has 0 bridgehead atoms. The average molecular weight is 327 g/mol. The van der Waals surface area contributed by atoms with E-state index in [9.17, 15) is 9.59 Å². The highest BCUT2D eigenvalue weighted by molar-refractivity contribution is 5.98. The Morgan fingerprint density at radius 1 is 1.25 bits per heavy atom. The SMILES string of the molecule is Cc1occc1C(=O)NNC(=O)/C=C/c1cc(C)n(C2CC2)c1C. The number of aromatic nitrogens is 1. The molecule has 0 radical (unpaired) electrons. The minimum Gasteiger partial charge on any atom is -0.469 e. The number of furan rings is 1. The third-order valence-corrected chi connectivity index (χ3v) is 4.25. The van der Waals surface area contributed by atoms with E-state index in [0.717, 1.165) is 11.3 Å². The van der Waals surface area contributed by atoms with E-state index in [1.807, 2.05) is 0 Å². The molecule has 0 saturated heterocycles. The lowest BCUT2D eigenvalue weighted by molar-refractivity contribution is -0.117. The maximum atomic E-state index is 11.9. The molecule has 24 heavy (non-hydrogen) atoms. The zero-order valence-corrected chi connectivity index (χ0v) is 14.1. The van der Waals surface area contributed by atoms with Crippen LogP contribution < -0.4 is 10.9 Å². The van der Waals surface area contributed by atoms with Crippen LogP contribution in [0.25, 0.3) is 6.08 Å². The van der Waals surface area contributed by atoms with Gasteiger partial charge in [-0.2, -0.15) is 0 Å². The highest BCUT2D eigenvalue weighted by Crippen LogP contribution is 2.38. The van der Waals surface area contributed by atoms with E-state index in [-0.39, 0.29) is 5.91 Å². The number of nitrogens with one attached hydrogen (secondary N) is 2. The second kappa shape index (κ2) is 6.39. The van der Waals surface area contributed by atoms with Crippen LogP contribution in [0.15, 0.2) is 28.9 Å². The van der Waals surface area contributed by atoms with Gasteiger partial charge in [0.15, 0.2) is 0 Å². The van der Waals surface area contributed by atoms with E-state index in [1.165, 1.54) is 30.9 Å². The molecule has 2 aromatic heterocycles. The summed E-state index contributed by atoms with van der Waals surface area (Å²) < 4.78 is 7.38. The molecule has 0 aromatic carbocycles. The van der Waals surface area contributed by atoms with Crippen molar-refractivity contribution in [3.05, 3.63) is 52.7 Å². The van der Waals surface area contributed by atoms with Gasteiger partial charge in [-0.05, 0) is 57.4 Å². The Bertz CT molecular complexity index is 810. The summed E-state index contributed by atoms with van der Waals surface area (Å²) >= 11 is 0. The Labute approximate surface area is 140 Å². The maximum absolute atomic E-state index is 11.9. The topological polar surface area (TPSA) is 76.3 Å². The summed E-state index contributed by atoms with van der Waals surface area (Å²) in [6.07, 6.45) is 7.06. The number of amides is 2. The van der Waals surface area contributed by atoms with Crippen molar-refractivity contribution < 1.29 is 14.0 Å². The molecule has 0 aliphatic heterocycles. The number of hydrogen-bond acceptors (Lipinski definition) is 3. The summed E-state index contributed by atoms with van der Waals surface area (Å²) in [5.74, 6) is -0.291. The van der Waals surface area contributed by atoms with Crippen LogP contribution in [0, 0.1) is 20.8 Å². The summed E-state index contributed by atoms with van der Waals surface area (Å²) in [7, 11) is 0. The summed E-state index contributed by atoms with van der Waals surface area (Å²) in [6, 6.07) is 4.24. The fraction of sp³-hybridized carbons (Fsp3) is 0.333. The fourth-order valence-electron chi connectivity index (χ4n) is 2.88. The van der Waals surface area contributed by atoms with E-state index in [2.05, 4.69) is 35.3 Å². The maximum Gasteiger partial charge on any atom is 0.273 e. The molecule has 1 aliphatic rings. The number of rotatable bonds is 4. The van der Waals surface area contributed by atoms with Gasteiger partial charge in [0.25, 0.3) is 11.8 Å². The van der Waals surface area contributed by atoms with Crippen LogP contribution in [0.1, 0.15) is 52.0 Å². The van der Waals surface area contributed by atoms with Crippen molar-refractivity contribution in [2.45, 2.75) is 39.7 Å². The van der Waals surface area contributed by atoms with Gasteiger partial charge in [-0.1, -0.05) is 0 Å². The molecule has 2 N–H and O–H groups in total. The summed E-state index contributed by atoms with van der Waals surface area (Å²) in [4.78, 5) is 23.8. The first kappa shape index (κ1) is 16.1. The molecule has 2 amide bonds. The van der Waals surface area contributed by atoms with Crippen molar-refractivity contribution in [1.29, 1.82) is 0 Å². The lowest BCUT2D eigenvalue weighted by atomic mass is 10.2. The van der Waals surface area contributed by atoms with E-state index >= 15 is 0 Å². The van der Waals surface area contributed by atoms with Crippen LogP contribution in [0.5, 0.6) is 0 Å². The zero-order valence-electron chi connectivity index (χ0n) is 14.1. The number of aryl methyl sites for hydroxylation is 2. The van der Waals surface area contributed by atoms with Gasteiger partial charge in [0.1, 0.15) is 5.76 Å². The lowest BCUT2D eigenvalue weighted by Gasteiger charge is -2.06. The third-order valence-electron chi connectivity index (χ3n) is 4.25. The number of hydrogen-bond donors (Lipinski definition) is 2. The van der Waals surface area contributed by atoms with Crippen molar-refractivity contribution in [3.63, 3.8) is 0 Å². The normalized spacial score (nSPS) is 14.1. The van der Waals surface area contributed by atoms with Gasteiger partial charge < -0.3 is 8.98 Å². The Morgan fingerprint density at radius 3 is 2.62 bits per heavy atom. The van der Waals surface area contributed by atoms with E-state index in [1.54, 1.807) is 19.1 Å². The van der Waals surface area contributed by atoms with E-state index < -0.39 is 5.91 Å². The standard InChI is InChI=1S/C18H21N3O3/c1-11-10-14(12(2)21(11)15-5-6-15)4-7-17(22)19-20-18(23)16-8-9-24-13(16)3/h4,7-10,15H,5-6H2,1-3H3,(H,19,22)(H,20,23)/b7-4+. The predicted molar refractivity (Wildman–Crippen MR) is 90.3 cm³/mol. The first-order chi connectivity index (χ1) is 11.5. The molecule has 2 aromatic rings. The Hall–Kier alpha value is -2.76. The van der Waals surface area contributed by atoms with Crippen molar-refractivity contribution >= 4 is 17.9 Å². The number of nitrogens with zero attached hydrogens (tertiary/aromatic N) is 1. The van der Waals surface area contributed by atoms with Crippen LogP contribution in [0.2, 0.25) is 0 Å². The van der Waals surface area contributed by atoms with Crippen molar-refractivity contribution in [3.8, 4) is 0 Å². The van der Waals surface area contributed by atoms with Crippen LogP contribution in [-0.4, -0.2) is 16.4 Å². The molecule has 1 aliphatic carbocycles. The van der Waals surface area contributed by atoms with Crippen LogP contribution in [0.4, 0.5) is 0 Å². The zero-order chi connectivity index (χ0) is 17.3. The minimum absolute atomic E-state index is 0.388. The Morgan fingerprint density at radius 2 is 2.00 bits per heavy atom. The molecule has 0 atom stereocenters. The van der Waals surface area contributed by atoms with Gasteiger partial charge >= 0.3 is 0 Å². The molecule has 1 fully saturated rings. The molecule has 6 heteroatoms. The monoisotopic (exact) mass is 327 g/mol. The second-order valence-electron chi connectivity index (χ2n) is 6.09. The minimum atomic E-state index is -0.407. The van der Waals surface area contributed by atoms with Gasteiger partial charge in [0, 0.05) is 23.5 Å². The summed E-state index contributed by atoms with van der Waals surface area (Å²) in [5.41, 5.74) is 8.52. The van der Waals surface area contributed by atoms with Gasteiger partial charge in [0.05, 0.1) is 11.8 Å². The largest absolute Gasteiger partial charge is 0.469 e. The summed E-state index contributed by atoms with van der Waals surface area (Å²) in [6.45, 7) is 5.83. The number of hydrazine groups is 1. The van der Waals surface area contributed by atoms with E-state index in [0.29, 0.717) is 17.4 Å². The molecule has 6 nitrogen and oxygen atoms in total. The first-order valence-corrected chi connectivity index (χ1v) is 7.98. The average Bonchev–Trinajstić information content (AvgIpc) is 3.21. The van der Waals surface area contributed by atoms with Gasteiger partial charge in [0.2, 0.25) is 0 Å². The van der Waals surface area contributed by atoms with Crippen molar-refractivity contribution in [2.24, 2.45) is 0 Å². The molecule has 0 spiro atoms. The highest BCUT2D eigenvalue weighted by Gasteiger charge is 2.26. The number of carbonyl (C=O) groups excluding carboxylic acids is 2. The molecule has 1 saturated carbocycles. The molecular weight excluding hydrogens is 306 g/mol. The third kappa shape index (κ3) is 3.27. The lowest BCUT2D eigenvalue weighted by Crippen LogP contribution is -2.40. The second-order valence-corrected chi connectivity index (χ2v) is 6.09. The van der Waals surface area contributed by atoms with Crippen LogP contribution in [-0.2, 0) is 4.79 Å². The van der Waals surface area contributed by atoms with Gasteiger partial charge in [-0.15, -0.1) is 0 Å². The predicted octanol–water partition coefficient (Wildman–Crippen LogP) is 2.82. The Balaban J connectivity index is 1.59. The van der Waals surface area contributed by atoms with Crippen LogP contribution in [0.3, 0.4) is 0 Å². The molecule has 3 rings (SSSR count). The Kier molecular flexibility index (Phi) is 4.29. The van der Waals surface area contributed by atoms with Crippen molar-refractivity contribution in [1.82, 2.24) is 15.4 Å². The van der Waals surface area contributed by atoms with Crippen molar-refractivity contribution in [2.75, 3.05) is 0 Å². The highest BCUT2D eigenvalue weighted by atomic mass is 16.3. The van der Waals surface area contributed by atoms with Crippen LogP contribution >= 0.6 is 0 Å².